The highest BCUT2D eigenvalue weighted by Gasteiger charge is 2.09. The van der Waals surface area contributed by atoms with Crippen molar-refractivity contribution in [1.29, 1.82) is 0 Å². The first-order valence-electron chi connectivity index (χ1n) is 12.6. The van der Waals surface area contributed by atoms with Gasteiger partial charge in [-0.15, -0.1) is 22.0 Å². The molecule has 13 heteroatoms. The van der Waals surface area contributed by atoms with E-state index >= 15 is 0 Å². The number of para-hydroxylation sites is 1. The van der Waals surface area contributed by atoms with Crippen LogP contribution in [-0.2, 0) is 15.3 Å². The molecule has 0 saturated carbocycles. The molecule has 12 nitrogen and oxygen atoms in total. The molecule has 0 bridgehead atoms. The standard InChI is InChI=1S/C25H33N5O3S.C2H2O4/c1-30(2)16-8-4-7-15-26-25(31)27-21-13-11-20(12-14-21)24-29-28-23(33-24)19-34-18-17-32-22-9-5-3-6-10-22;3-1(4)2(5)6/h3,5-6,9-14H,4,7-8,15-19H2,1-2H3,(H2,26,27,31);(H,3,4)(H,5,6). The number of benzene rings is 2. The van der Waals surface area contributed by atoms with Crippen LogP contribution in [0.25, 0.3) is 11.5 Å². The number of ether oxygens (including phenoxy) is 1. The van der Waals surface area contributed by atoms with Gasteiger partial charge >= 0.3 is 18.0 Å². The summed E-state index contributed by atoms with van der Waals surface area (Å²) in [4.78, 5) is 32.4. The number of carbonyl (C=O) groups excluding carboxylic acids is 1. The normalized spacial score (nSPS) is 10.4. The Bertz CT molecular complexity index is 1160. The van der Waals surface area contributed by atoms with E-state index in [1.807, 2.05) is 54.6 Å². The number of anilines is 1. The minimum atomic E-state index is -1.82. The lowest BCUT2D eigenvalue weighted by Crippen LogP contribution is -2.29. The van der Waals surface area contributed by atoms with Gasteiger partial charge in [-0.2, -0.15) is 0 Å². The highest BCUT2D eigenvalue weighted by molar-refractivity contribution is 7.98. The van der Waals surface area contributed by atoms with Crippen LogP contribution in [0.2, 0.25) is 0 Å². The lowest BCUT2D eigenvalue weighted by Gasteiger charge is -2.10. The molecule has 0 spiro atoms. The number of carboxylic acid groups (broad SMARTS) is 2. The Morgan fingerprint density at radius 2 is 1.65 bits per heavy atom. The summed E-state index contributed by atoms with van der Waals surface area (Å²) in [5, 5.41) is 28.8. The Morgan fingerprint density at radius 1 is 0.950 bits per heavy atom. The molecule has 0 saturated heterocycles. The van der Waals surface area contributed by atoms with Gasteiger partial charge in [0.25, 0.3) is 0 Å². The molecule has 2 amide bonds. The summed E-state index contributed by atoms with van der Waals surface area (Å²) in [5.74, 6) is -0.290. The van der Waals surface area contributed by atoms with Crippen molar-refractivity contribution in [3.8, 4) is 17.2 Å². The number of carbonyl (C=O) groups is 3. The third kappa shape index (κ3) is 13.6. The third-order valence-corrected chi connectivity index (χ3v) is 5.98. The monoisotopic (exact) mass is 573 g/mol. The summed E-state index contributed by atoms with van der Waals surface area (Å²) < 4.78 is 11.4. The van der Waals surface area contributed by atoms with Gasteiger partial charge in [-0.25, -0.2) is 14.4 Å². The molecule has 0 fully saturated rings. The van der Waals surface area contributed by atoms with Crippen molar-refractivity contribution in [2.45, 2.75) is 25.0 Å². The lowest BCUT2D eigenvalue weighted by atomic mass is 10.2. The van der Waals surface area contributed by atoms with E-state index in [0.717, 1.165) is 42.9 Å². The Morgan fingerprint density at radius 3 is 2.30 bits per heavy atom. The maximum Gasteiger partial charge on any atom is 0.414 e. The zero-order valence-electron chi connectivity index (χ0n) is 22.5. The van der Waals surface area contributed by atoms with E-state index < -0.39 is 11.9 Å². The van der Waals surface area contributed by atoms with E-state index in [1.165, 1.54) is 0 Å². The molecule has 0 aliphatic heterocycles. The molecular formula is C27H35N5O7S. The highest BCUT2D eigenvalue weighted by Crippen LogP contribution is 2.22. The van der Waals surface area contributed by atoms with Crippen LogP contribution in [0.3, 0.4) is 0 Å². The summed E-state index contributed by atoms with van der Waals surface area (Å²) in [6, 6.07) is 16.9. The minimum absolute atomic E-state index is 0.200. The number of amides is 2. The van der Waals surface area contributed by atoms with Crippen molar-refractivity contribution >= 4 is 35.4 Å². The number of unbranched alkanes of at least 4 members (excludes halogenated alkanes) is 2. The number of nitrogens with one attached hydrogen (secondary N) is 2. The van der Waals surface area contributed by atoms with Gasteiger partial charge in [0, 0.05) is 23.5 Å². The highest BCUT2D eigenvalue weighted by atomic mass is 32.2. The quantitative estimate of drug-likeness (QED) is 0.162. The molecule has 1 heterocycles. The molecule has 1 aromatic heterocycles. The van der Waals surface area contributed by atoms with Crippen LogP contribution in [0.15, 0.2) is 59.0 Å². The first kappa shape index (κ1) is 32.1. The first-order valence-corrected chi connectivity index (χ1v) is 13.7. The molecule has 0 unspecified atom stereocenters. The van der Waals surface area contributed by atoms with Crippen molar-refractivity contribution < 1.29 is 33.8 Å². The summed E-state index contributed by atoms with van der Waals surface area (Å²) >= 11 is 1.68. The fraction of sp³-hybridized carbons (Fsp3) is 0.370. The number of carboxylic acids is 2. The van der Waals surface area contributed by atoms with E-state index in [-0.39, 0.29) is 6.03 Å². The van der Waals surface area contributed by atoms with E-state index in [1.54, 1.807) is 11.8 Å². The molecule has 3 aromatic rings. The van der Waals surface area contributed by atoms with Gasteiger partial charge in [-0.05, 0) is 69.9 Å². The molecule has 0 atom stereocenters. The van der Waals surface area contributed by atoms with Crippen molar-refractivity contribution in [1.82, 2.24) is 20.4 Å². The number of nitrogens with zero attached hydrogens (tertiary/aromatic N) is 3. The van der Waals surface area contributed by atoms with Crippen LogP contribution in [0, 0.1) is 0 Å². The van der Waals surface area contributed by atoms with E-state index in [2.05, 4.69) is 39.8 Å². The lowest BCUT2D eigenvalue weighted by molar-refractivity contribution is -0.159. The van der Waals surface area contributed by atoms with E-state index in [9.17, 15) is 4.79 Å². The minimum Gasteiger partial charge on any atom is -0.493 e. The van der Waals surface area contributed by atoms with Gasteiger partial charge in [0.05, 0.1) is 12.4 Å². The molecule has 40 heavy (non-hydrogen) atoms. The predicted octanol–water partition coefficient (Wildman–Crippen LogP) is 4.06. The van der Waals surface area contributed by atoms with Crippen molar-refractivity contribution in [2.24, 2.45) is 0 Å². The number of aliphatic carboxylic acids is 2. The average Bonchev–Trinajstić information content (AvgIpc) is 3.40. The van der Waals surface area contributed by atoms with Crippen LogP contribution in [0.1, 0.15) is 25.2 Å². The zero-order valence-corrected chi connectivity index (χ0v) is 23.4. The fourth-order valence-electron chi connectivity index (χ4n) is 3.13. The molecular weight excluding hydrogens is 538 g/mol. The van der Waals surface area contributed by atoms with Gasteiger partial charge in [0.1, 0.15) is 5.75 Å². The molecule has 2 aromatic carbocycles. The van der Waals surface area contributed by atoms with Gasteiger partial charge in [0.15, 0.2) is 0 Å². The van der Waals surface area contributed by atoms with Gasteiger partial charge < -0.3 is 34.9 Å². The molecule has 4 N–H and O–H groups in total. The first-order chi connectivity index (χ1) is 19.2. The third-order valence-electron chi connectivity index (χ3n) is 5.07. The van der Waals surface area contributed by atoms with E-state index in [0.29, 0.717) is 36.4 Å². The smallest absolute Gasteiger partial charge is 0.414 e. The van der Waals surface area contributed by atoms with Crippen LogP contribution in [0.4, 0.5) is 10.5 Å². The Hall–Kier alpha value is -4.10. The number of rotatable bonds is 14. The molecule has 0 aliphatic rings. The van der Waals surface area contributed by atoms with Crippen molar-refractivity contribution in [3.63, 3.8) is 0 Å². The van der Waals surface area contributed by atoms with Gasteiger partial charge in [0.2, 0.25) is 11.8 Å². The number of aromatic nitrogens is 2. The van der Waals surface area contributed by atoms with Gasteiger partial charge in [-0.3, -0.25) is 0 Å². The van der Waals surface area contributed by atoms with Crippen LogP contribution < -0.4 is 15.4 Å². The summed E-state index contributed by atoms with van der Waals surface area (Å²) in [6.07, 6.45) is 3.20. The molecule has 0 aliphatic carbocycles. The average molecular weight is 574 g/mol. The maximum absolute atomic E-state index is 12.1. The molecule has 216 valence electrons. The van der Waals surface area contributed by atoms with Gasteiger partial charge in [-0.1, -0.05) is 24.6 Å². The second kappa shape index (κ2) is 18.2. The molecule has 0 radical (unpaired) electrons. The number of urea groups is 1. The van der Waals surface area contributed by atoms with Crippen molar-refractivity contribution in [3.05, 3.63) is 60.5 Å². The van der Waals surface area contributed by atoms with Crippen molar-refractivity contribution in [2.75, 3.05) is 44.9 Å². The summed E-state index contributed by atoms with van der Waals surface area (Å²) in [5.41, 5.74) is 1.52. The zero-order chi connectivity index (χ0) is 29.2. The second-order valence-electron chi connectivity index (χ2n) is 8.65. The predicted molar refractivity (Wildman–Crippen MR) is 153 cm³/mol. The number of hydrogen-bond acceptors (Lipinski definition) is 9. The number of thioether (sulfide) groups is 1. The maximum atomic E-state index is 12.1. The largest absolute Gasteiger partial charge is 0.493 e. The van der Waals surface area contributed by atoms with E-state index in [4.69, 9.17) is 29.0 Å². The fourth-order valence-corrected chi connectivity index (χ4v) is 3.76. The van der Waals surface area contributed by atoms with Crippen LogP contribution >= 0.6 is 11.8 Å². The Kier molecular flexibility index (Phi) is 14.6. The van der Waals surface area contributed by atoms with Crippen LogP contribution in [0.5, 0.6) is 5.75 Å². The Labute approximate surface area is 237 Å². The topological polar surface area (TPSA) is 167 Å². The SMILES string of the molecule is CN(C)CCCCCNC(=O)Nc1ccc(-c2nnc(CSCCOc3ccccc3)o2)cc1.O=C(O)C(=O)O. The molecule has 3 rings (SSSR count). The summed E-state index contributed by atoms with van der Waals surface area (Å²) in [7, 11) is 4.14. The van der Waals surface area contributed by atoms with Crippen LogP contribution in [-0.4, -0.2) is 82.8 Å². The Balaban J connectivity index is 0.000000840. The second-order valence-corrected chi connectivity index (χ2v) is 9.75. The summed E-state index contributed by atoms with van der Waals surface area (Å²) in [6.45, 7) is 2.36. The number of hydrogen-bond donors (Lipinski definition) is 4.